The summed E-state index contributed by atoms with van der Waals surface area (Å²) < 4.78 is 12.4. The van der Waals surface area contributed by atoms with Crippen molar-refractivity contribution in [1.29, 1.82) is 0 Å². The molecule has 0 saturated carbocycles. The van der Waals surface area contributed by atoms with Crippen LogP contribution in [-0.2, 0) is 10.8 Å². The van der Waals surface area contributed by atoms with Crippen LogP contribution in [0.3, 0.4) is 0 Å². The molecule has 1 fully saturated rings. The fraction of sp³-hybridized carbons (Fsp3) is 0.474. The number of hydrogen-bond acceptors (Lipinski definition) is 6. The molecule has 3 rings (SSSR count). The maximum atomic E-state index is 12.6. The van der Waals surface area contributed by atoms with Gasteiger partial charge >= 0.3 is 0 Å². The lowest BCUT2D eigenvalue weighted by Gasteiger charge is -2.41. The van der Waals surface area contributed by atoms with Crippen molar-refractivity contribution in [2.75, 3.05) is 23.7 Å². The number of non-ortho nitro benzene ring substituents is 1. The average molecular weight is 388 g/mol. The number of aryl methyl sites for hydroxylation is 1. The fourth-order valence-electron chi connectivity index (χ4n) is 3.47. The zero-order chi connectivity index (χ0) is 19.6. The molecule has 8 heteroatoms. The molecule has 0 aliphatic carbocycles. The molecule has 0 radical (unpaired) electrons. The molecule has 27 heavy (non-hydrogen) atoms. The summed E-state index contributed by atoms with van der Waals surface area (Å²) in [5.41, 5.74) is 1.61. The highest BCUT2D eigenvalue weighted by atomic mass is 32.2. The molecular formula is C19H24N4O3S. The molecule has 7 nitrogen and oxygen atoms in total. The molecule has 0 N–H and O–H groups in total. The van der Waals surface area contributed by atoms with Crippen LogP contribution < -0.4 is 4.90 Å². The first-order chi connectivity index (χ1) is 12.9. The number of anilines is 1. The Bertz CT molecular complexity index is 866. The predicted molar refractivity (Wildman–Crippen MR) is 107 cm³/mol. The van der Waals surface area contributed by atoms with Crippen LogP contribution in [0.25, 0.3) is 11.4 Å². The molecule has 0 bridgehead atoms. The number of aromatic nitrogens is 2. The van der Waals surface area contributed by atoms with Gasteiger partial charge in [-0.1, -0.05) is 13.8 Å². The van der Waals surface area contributed by atoms with E-state index in [1.54, 1.807) is 12.1 Å². The third kappa shape index (κ3) is 3.85. The second kappa shape index (κ2) is 7.72. The van der Waals surface area contributed by atoms with Gasteiger partial charge in [0, 0.05) is 59.1 Å². The highest BCUT2D eigenvalue weighted by Gasteiger charge is 2.39. The van der Waals surface area contributed by atoms with Gasteiger partial charge in [-0.05, 0) is 31.9 Å². The van der Waals surface area contributed by atoms with Crippen molar-refractivity contribution in [3.63, 3.8) is 0 Å². The molecule has 1 unspecified atom stereocenters. The summed E-state index contributed by atoms with van der Waals surface area (Å²) in [6.45, 7) is 7.51. The van der Waals surface area contributed by atoms with Crippen molar-refractivity contribution < 1.29 is 9.13 Å². The van der Waals surface area contributed by atoms with Gasteiger partial charge in [0.05, 0.1) is 9.67 Å². The molecule has 1 aliphatic rings. The van der Waals surface area contributed by atoms with E-state index in [4.69, 9.17) is 4.98 Å². The Morgan fingerprint density at radius 2 is 1.89 bits per heavy atom. The third-order valence-electron chi connectivity index (χ3n) is 5.30. The molecule has 2 heterocycles. The number of rotatable bonds is 5. The van der Waals surface area contributed by atoms with Crippen LogP contribution in [0.5, 0.6) is 0 Å². The minimum atomic E-state index is -0.834. The maximum Gasteiger partial charge on any atom is 0.269 e. The molecule has 2 aromatic rings. The van der Waals surface area contributed by atoms with E-state index in [1.165, 1.54) is 12.1 Å². The van der Waals surface area contributed by atoms with E-state index in [9.17, 15) is 14.3 Å². The standard InChI is InChI=1S/C19H24N4O3S/c1-4-19(5-2)13-22(10-11-27(19)26)17-12-14(3)20-18(21-17)15-6-8-16(9-7-15)23(24)25/h6-9,12H,4-5,10-11,13H2,1-3H3. The highest BCUT2D eigenvalue weighted by molar-refractivity contribution is 7.86. The first-order valence-electron chi connectivity index (χ1n) is 9.12. The van der Waals surface area contributed by atoms with Crippen molar-refractivity contribution in [3.05, 3.63) is 46.1 Å². The maximum absolute atomic E-state index is 12.6. The Labute approximate surface area is 161 Å². The fourth-order valence-corrected chi connectivity index (χ4v) is 5.24. The second-order valence-corrected chi connectivity index (χ2v) is 8.82. The second-order valence-electron chi connectivity index (χ2n) is 6.86. The Morgan fingerprint density at radius 1 is 1.22 bits per heavy atom. The lowest BCUT2D eigenvalue weighted by atomic mass is 10.0. The van der Waals surface area contributed by atoms with Crippen LogP contribution in [0.1, 0.15) is 32.4 Å². The number of nitrogens with zero attached hydrogens (tertiary/aromatic N) is 4. The van der Waals surface area contributed by atoms with Crippen LogP contribution in [0.4, 0.5) is 11.5 Å². The summed E-state index contributed by atoms with van der Waals surface area (Å²) in [6.07, 6.45) is 1.73. The molecule has 1 aromatic carbocycles. The van der Waals surface area contributed by atoms with Gasteiger partial charge in [0.2, 0.25) is 0 Å². The van der Waals surface area contributed by atoms with Crippen molar-refractivity contribution in [2.45, 2.75) is 38.4 Å². The summed E-state index contributed by atoms with van der Waals surface area (Å²) in [4.78, 5) is 21.8. The van der Waals surface area contributed by atoms with Gasteiger partial charge in [0.1, 0.15) is 5.82 Å². The van der Waals surface area contributed by atoms with E-state index in [2.05, 4.69) is 23.7 Å². The Kier molecular flexibility index (Phi) is 5.55. The number of benzene rings is 1. The molecule has 1 atom stereocenters. The van der Waals surface area contributed by atoms with Gasteiger partial charge < -0.3 is 4.90 Å². The number of nitro groups is 1. The molecule has 0 amide bonds. The summed E-state index contributed by atoms with van der Waals surface area (Å²) in [5.74, 6) is 2.00. The van der Waals surface area contributed by atoms with Crippen LogP contribution in [0.15, 0.2) is 30.3 Å². The van der Waals surface area contributed by atoms with Gasteiger partial charge in [-0.25, -0.2) is 9.97 Å². The number of nitro benzene ring substituents is 1. The van der Waals surface area contributed by atoms with Crippen molar-refractivity contribution in [1.82, 2.24) is 9.97 Å². The first kappa shape index (κ1) is 19.4. The van der Waals surface area contributed by atoms with Crippen molar-refractivity contribution in [2.24, 2.45) is 0 Å². The largest absolute Gasteiger partial charge is 0.354 e. The zero-order valence-electron chi connectivity index (χ0n) is 15.8. The molecule has 1 aromatic heterocycles. The topological polar surface area (TPSA) is 89.2 Å². The molecule has 1 saturated heterocycles. The van der Waals surface area contributed by atoms with Crippen LogP contribution in [0.2, 0.25) is 0 Å². The smallest absolute Gasteiger partial charge is 0.269 e. The van der Waals surface area contributed by atoms with Gasteiger partial charge in [0.15, 0.2) is 5.82 Å². The van der Waals surface area contributed by atoms with Crippen LogP contribution >= 0.6 is 0 Å². The summed E-state index contributed by atoms with van der Waals surface area (Å²) in [7, 11) is -0.834. The van der Waals surface area contributed by atoms with E-state index < -0.39 is 15.7 Å². The lowest BCUT2D eigenvalue weighted by Crippen LogP contribution is -2.53. The van der Waals surface area contributed by atoms with Crippen molar-refractivity contribution in [3.8, 4) is 11.4 Å². The first-order valence-corrected chi connectivity index (χ1v) is 10.4. The van der Waals surface area contributed by atoms with E-state index in [0.717, 1.165) is 29.9 Å². The Morgan fingerprint density at radius 3 is 2.48 bits per heavy atom. The lowest BCUT2D eigenvalue weighted by molar-refractivity contribution is -0.384. The van der Waals surface area contributed by atoms with Gasteiger partial charge in [0.25, 0.3) is 5.69 Å². The molecule has 0 spiro atoms. The van der Waals surface area contributed by atoms with Crippen LogP contribution in [-0.4, -0.2) is 42.7 Å². The quantitative estimate of drug-likeness (QED) is 0.575. The predicted octanol–water partition coefficient (Wildman–Crippen LogP) is 3.49. The summed E-state index contributed by atoms with van der Waals surface area (Å²) in [5, 5.41) is 10.9. The van der Waals surface area contributed by atoms with E-state index in [1.807, 2.05) is 13.0 Å². The van der Waals surface area contributed by atoms with Gasteiger partial charge in [-0.2, -0.15) is 0 Å². The van der Waals surface area contributed by atoms with E-state index in [0.29, 0.717) is 24.7 Å². The summed E-state index contributed by atoms with van der Waals surface area (Å²) >= 11 is 0. The Balaban J connectivity index is 1.93. The zero-order valence-corrected chi connectivity index (χ0v) is 16.7. The Hall–Kier alpha value is -2.35. The van der Waals surface area contributed by atoms with E-state index in [-0.39, 0.29) is 10.4 Å². The highest BCUT2D eigenvalue weighted by Crippen LogP contribution is 2.31. The average Bonchev–Trinajstić information content (AvgIpc) is 2.68. The molecular weight excluding hydrogens is 364 g/mol. The third-order valence-corrected chi connectivity index (χ3v) is 7.52. The van der Waals surface area contributed by atoms with Crippen LogP contribution in [0, 0.1) is 17.0 Å². The SMILES string of the molecule is CCC1(CC)CN(c2cc(C)nc(-c3ccc([N+](=O)[O-])cc3)n2)CCS1=O. The normalized spacial score (nSPS) is 19.1. The van der Waals surface area contributed by atoms with Gasteiger partial charge in [-0.15, -0.1) is 0 Å². The van der Waals surface area contributed by atoms with Gasteiger partial charge in [-0.3, -0.25) is 14.3 Å². The number of hydrogen-bond donors (Lipinski definition) is 0. The minimum absolute atomic E-state index is 0.0424. The molecule has 1 aliphatic heterocycles. The summed E-state index contributed by atoms with van der Waals surface area (Å²) in [6, 6.07) is 8.21. The van der Waals surface area contributed by atoms with E-state index >= 15 is 0 Å². The van der Waals surface area contributed by atoms with Crippen molar-refractivity contribution >= 4 is 22.3 Å². The monoisotopic (exact) mass is 388 g/mol. The molecule has 144 valence electrons. The minimum Gasteiger partial charge on any atom is -0.354 e.